The molecule has 1 nitrogen and oxygen atoms in total. The van der Waals surface area contributed by atoms with Crippen molar-refractivity contribution >= 4 is 11.6 Å². The van der Waals surface area contributed by atoms with Crippen molar-refractivity contribution in [1.29, 1.82) is 5.26 Å². The highest BCUT2D eigenvalue weighted by Gasteiger charge is 2.29. The zero-order valence-corrected chi connectivity index (χ0v) is 7.61. The van der Waals surface area contributed by atoms with Gasteiger partial charge in [-0.2, -0.15) is 5.26 Å². The molecule has 1 aliphatic rings. The van der Waals surface area contributed by atoms with Crippen molar-refractivity contribution in [1.82, 2.24) is 0 Å². The summed E-state index contributed by atoms with van der Waals surface area (Å²) in [6.07, 6.45) is 1.96. The second kappa shape index (κ2) is 3.01. The molecular weight excluding hydrogens is 189 g/mol. The topological polar surface area (TPSA) is 23.8 Å². The van der Waals surface area contributed by atoms with E-state index in [1.165, 1.54) is 6.07 Å². The molecule has 3 heteroatoms. The molecule has 66 valence electrons. The maximum absolute atomic E-state index is 13.5. The summed E-state index contributed by atoms with van der Waals surface area (Å²) in [5, 5.41) is 9.05. The van der Waals surface area contributed by atoms with E-state index in [0.717, 1.165) is 12.8 Å². The Kier molecular flexibility index (Phi) is 1.97. The molecule has 1 saturated carbocycles. The van der Waals surface area contributed by atoms with Gasteiger partial charge in [-0.3, -0.25) is 0 Å². The Morgan fingerprint density at radius 2 is 2.15 bits per heavy atom. The maximum Gasteiger partial charge on any atom is 0.145 e. The lowest BCUT2D eigenvalue weighted by Crippen LogP contribution is -1.93. The minimum atomic E-state index is -0.433. The summed E-state index contributed by atoms with van der Waals surface area (Å²) >= 11 is 5.84. The van der Waals surface area contributed by atoms with Crippen LogP contribution in [0.15, 0.2) is 12.1 Å². The predicted octanol–water partition coefficient (Wildman–Crippen LogP) is 3.23. The zero-order chi connectivity index (χ0) is 9.42. The molecule has 0 aromatic heterocycles. The molecule has 2 rings (SSSR count). The van der Waals surface area contributed by atoms with Crippen LogP contribution in [0.25, 0.3) is 0 Å². The molecule has 1 aromatic rings. The third-order valence-corrected chi connectivity index (χ3v) is 2.56. The van der Waals surface area contributed by atoms with Crippen LogP contribution in [0.5, 0.6) is 0 Å². The molecule has 0 spiro atoms. The van der Waals surface area contributed by atoms with Gasteiger partial charge in [0.1, 0.15) is 11.9 Å². The van der Waals surface area contributed by atoms with Gasteiger partial charge in [-0.25, -0.2) is 4.39 Å². The monoisotopic (exact) mass is 195 g/mol. The summed E-state index contributed by atoms with van der Waals surface area (Å²) < 4.78 is 13.5. The van der Waals surface area contributed by atoms with E-state index >= 15 is 0 Å². The van der Waals surface area contributed by atoms with E-state index in [4.69, 9.17) is 16.9 Å². The number of rotatable bonds is 1. The number of halogens is 2. The first-order chi connectivity index (χ1) is 6.24. The third kappa shape index (κ3) is 1.40. The molecule has 0 aliphatic heterocycles. The highest BCUT2D eigenvalue weighted by molar-refractivity contribution is 6.31. The normalized spacial score (nSPS) is 15.5. The third-order valence-electron chi connectivity index (χ3n) is 2.23. The molecule has 1 aromatic carbocycles. The van der Waals surface area contributed by atoms with Crippen LogP contribution in [0.4, 0.5) is 4.39 Å². The molecule has 0 heterocycles. The lowest BCUT2D eigenvalue weighted by Gasteiger charge is -2.04. The van der Waals surface area contributed by atoms with Gasteiger partial charge >= 0.3 is 0 Å². The highest BCUT2D eigenvalue weighted by atomic mass is 35.5. The Morgan fingerprint density at radius 3 is 2.69 bits per heavy atom. The van der Waals surface area contributed by atoms with Crippen LogP contribution in [-0.2, 0) is 0 Å². The summed E-state index contributed by atoms with van der Waals surface area (Å²) in [5.41, 5.74) is 0.618. The maximum atomic E-state index is 13.5. The van der Waals surface area contributed by atoms with Crippen molar-refractivity contribution in [2.24, 2.45) is 0 Å². The van der Waals surface area contributed by atoms with E-state index in [2.05, 4.69) is 0 Å². The van der Waals surface area contributed by atoms with Gasteiger partial charge in [0.25, 0.3) is 0 Å². The molecule has 1 aliphatic carbocycles. The fourth-order valence-electron chi connectivity index (χ4n) is 1.40. The molecule has 0 radical (unpaired) electrons. The second-order valence-corrected chi connectivity index (χ2v) is 3.62. The van der Waals surface area contributed by atoms with Crippen LogP contribution in [0.3, 0.4) is 0 Å². The molecule has 0 unspecified atom stereocenters. The van der Waals surface area contributed by atoms with Gasteiger partial charge < -0.3 is 0 Å². The van der Waals surface area contributed by atoms with Gasteiger partial charge in [0.15, 0.2) is 0 Å². The van der Waals surface area contributed by atoms with E-state index in [-0.39, 0.29) is 11.5 Å². The van der Waals surface area contributed by atoms with Crippen LogP contribution in [0.1, 0.15) is 29.9 Å². The number of hydrogen-bond donors (Lipinski definition) is 0. The van der Waals surface area contributed by atoms with Gasteiger partial charge in [0.2, 0.25) is 0 Å². The second-order valence-electron chi connectivity index (χ2n) is 3.21. The number of benzene rings is 1. The molecule has 0 atom stereocenters. The quantitative estimate of drug-likeness (QED) is 0.675. The fourth-order valence-corrected chi connectivity index (χ4v) is 1.70. The fraction of sp³-hybridized carbons (Fsp3) is 0.300. The van der Waals surface area contributed by atoms with Gasteiger partial charge in [-0.05, 0) is 30.9 Å². The molecule has 13 heavy (non-hydrogen) atoms. The number of hydrogen-bond acceptors (Lipinski definition) is 1. The van der Waals surface area contributed by atoms with Gasteiger partial charge in [-0.1, -0.05) is 11.6 Å². The standard InChI is InChI=1S/C10H7ClFN/c11-8-4-3-7(5-13)10(12)9(8)6-1-2-6/h3-4,6H,1-2H2. The zero-order valence-electron chi connectivity index (χ0n) is 6.85. The largest absolute Gasteiger partial charge is 0.205 e. The van der Waals surface area contributed by atoms with Crippen LogP contribution in [0, 0.1) is 17.1 Å². The highest BCUT2D eigenvalue weighted by Crippen LogP contribution is 2.44. The summed E-state index contributed by atoms with van der Waals surface area (Å²) in [5.74, 6) is -0.196. The predicted molar refractivity (Wildman–Crippen MR) is 48.1 cm³/mol. The Labute approximate surface area is 80.7 Å². The van der Waals surface area contributed by atoms with Crippen molar-refractivity contribution < 1.29 is 4.39 Å². The van der Waals surface area contributed by atoms with Crippen LogP contribution in [-0.4, -0.2) is 0 Å². The Balaban J connectivity index is 2.58. The number of nitrogens with zero attached hydrogens (tertiary/aromatic N) is 1. The van der Waals surface area contributed by atoms with E-state index in [1.807, 2.05) is 6.07 Å². The molecular formula is C10H7ClFN. The summed E-state index contributed by atoms with van der Waals surface area (Å²) in [6.45, 7) is 0. The SMILES string of the molecule is N#Cc1ccc(Cl)c(C2CC2)c1F. The van der Waals surface area contributed by atoms with Crippen LogP contribution < -0.4 is 0 Å². The number of nitriles is 1. The van der Waals surface area contributed by atoms with Crippen LogP contribution >= 0.6 is 11.6 Å². The van der Waals surface area contributed by atoms with E-state index in [0.29, 0.717) is 10.6 Å². The molecule has 0 bridgehead atoms. The summed E-state index contributed by atoms with van der Waals surface area (Å²) in [4.78, 5) is 0. The average Bonchev–Trinajstić information content (AvgIpc) is 2.89. The molecule has 0 N–H and O–H groups in total. The van der Waals surface area contributed by atoms with Crippen molar-refractivity contribution in [3.63, 3.8) is 0 Å². The van der Waals surface area contributed by atoms with E-state index in [9.17, 15) is 4.39 Å². The first-order valence-electron chi connectivity index (χ1n) is 4.12. The first-order valence-corrected chi connectivity index (χ1v) is 4.50. The summed E-state index contributed by atoms with van der Waals surface area (Å²) in [6, 6.07) is 4.83. The first kappa shape index (κ1) is 8.52. The van der Waals surface area contributed by atoms with E-state index in [1.54, 1.807) is 6.07 Å². The smallest absolute Gasteiger partial charge is 0.145 e. The van der Waals surface area contributed by atoms with Crippen molar-refractivity contribution in [2.45, 2.75) is 18.8 Å². The minimum absolute atomic E-state index is 0.0892. The average molecular weight is 196 g/mol. The van der Waals surface area contributed by atoms with Crippen LogP contribution in [0.2, 0.25) is 5.02 Å². The molecule has 1 fully saturated rings. The Morgan fingerprint density at radius 1 is 1.46 bits per heavy atom. The lowest BCUT2D eigenvalue weighted by molar-refractivity contribution is 0.607. The van der Waals surface area contributed by atoms with Crippen molar-refractivity contribution in [2.75, 3.05) is 0 Å². The summed E-state index contributed by atoms with van der Waals surface area (Å²) in [7, 11) is 0. The molecule has 0 amide bonds. The lowest BCUT2D eigenvalue weighted by atomic mass is 10.1. The Hall–Kier alpha value is -1.07. The van der Waals surface area contributed by atoms with Gasteiger partial charge in [0, 0.05) is 10.6 Å². The van der Waals surface area contributed by atoms with E-state index < -0.39 is 5.82 Å². The van der Waals surface area contributed by atoms with Crippen molar-refractivity contribution in [3.8, 4) is 6.07 Å². The Bertz CT molecular complexity index is 391. The molecule has 0 saturated heterocycles. The minimum Gasteiger partial charge on any atom is -0.205 e. The van der Waals surface area contributed by atoms with Gasteiger partial charge in [-0.15, -0.1) is 0 Å². The van der Waals surface area contributed by atoms with Crippen molar-refractivity contribution in [3.05, 3.63) is 34.1 Å². The van der Waals surface area contributed by atoms with Gasteiger partial charge in [0.05, 0.1) is 5.56 Å².